The minimum Gasteiger partial charge on any atom is -0.396 e. The molecule has 2 aliphatic carbocycles. The van der Waals surface area contributed by atoms with E-state index >= 15 is 0 Å². The van der Waals surface area contributed by atoms with Gasteiger partial charge in [0.2, 0.25) is 0 Å². The average Bonchev–Trinajstić information content (AvgIpc) is 2.76. The molecule has 0 radical (unpaired) electrons. The molecule has 0 aliphatic heterocycles. The van der Waals surface area contributed by atoms with Crippen molar-refractivity contribution in [3.05, 3.63) is 12.2 Å². The maximum Gasteiger partial charge on any atom is 0.315 e. The van der Waals surface area contributed by atoms with E-state index in [1.807, 2.05) is 12.2 Å². The predicted molar refractivity (Wildman–Crippen MR) is 71.2 cm³/mol. The van der Waals surface area contributed by atoms with E-state index in [0.717, 1.165) is 19.4 Å². The summed E-state index contributed by atoms with van der Waals surface area (Å²) in [5.41, 5.74) is 0.358. The zero-order chi connectivity index (χ0) is 13.0. The Morgan fingerprint density at radius 1 is 1.44 bits per heavy atom. The highest BCUT2D eigenvalue weighted by Crippen LogP contribution is 2.42. The Morgan fingerprint density at radius 2 is 2.22 bits per heavy atom. The van der Waals surface area contributed by atoms with Gasteiger partial charge in [0.15, 0.2) is 0 Å². The number of carbonyl (C=O) groups is 1. The third-order valence-corrected chi connectivity index (χ3v) is 4.51. The fraction of sp³-hybridized carbons (Fsp3) is 0.786. The van der Waals surface area contributed by atoms with Gasteiger partial charge in [-0.05, 0) is 31.1 Å². The van der Waals surface area contributed by atoms with Gasteiger partial charge in [0.1, 0.15) is 0 Å². The fourth-order valence-electron chi connectivity index (χ4n) is 2.84. The molecule has 2 amide bonds. The van der Waals surface area contributed by atoms with Crippen LogP contribution in [-0.2, 0) is 0 Å². The van der Waals surface area contributed by atoms with Gasteiger partial charge in [-0.15, -0.1) is 0 Å². The lowest BCUT2D eigenvalue weighted by Crippen LogP contribution is -2.47. The first kappa shape index (κ1) is 13.4. The van der Waals surface area contributed by atoms with Gasteiger partial charge in [-0.3, -0.25) is 0 Å². The first-order valence-corrected chi connectivity index (χ1v) is 7.01. The number of amides is 2. The van der Waals surface area contributed by atoms with Crippen LogP contribution in [0, 0.1) is 11.3 Å². The summed E-state index contributed by atoms with van der Waals surface area (Å²) in [5.74, 6) is 0.198. The smallest absolute Gasteiger partial charge is 0.315 e. The van der Waals surface area contributed by atoms with Crippen LogP contribution in [0.4, 0.5) is 4.79 Å². The van der Waals surface area contributed by atoms with Gasteiger partial charge in [-0.1, -0.05) is 25.5 Å². The van der Waals surface area contributed by atoms with Crippen molar-refractivity contribution in [2.45, 2.75) is 45.1 Å². The highest BCUT2D eigenvalue weighted by Gasteiger charge is 2.35. The molecule has 0 aromatic heterocycles. The van der Waals surface area contributed by atoms with Crippen LogP contribution in [0.1, 0.15) is 39.0 Å². The Balaban J connectivity index is 1.68. The van der Waals surface area contributed by atoms with E-state index in [9.17, 15) is 4.79 Å². The minimum absolute atomic E-state index is 0.0705. The number of aliphatic hydroxyl groups excluding tert-OH is 1. The fourth-order valence-corrected chi connectivity index (χ4v) is 2.84. The van der Waals surface area contributed by atoms with Crippen molar-refractivity contribution in [2.24, 2.45) is 11.3 Å². The van der Waals surface area contributed by atoms with Crippen molar-refractivity contribution in [2.75, 3.05) is 13.2 Å². The number of nitrogens with one attached hydrogen (secondary N) is 2. The topological polar surface area (TPSA) is 61.4 Å². The third-order valence-electron chi connectivity index (χ3n) is 4.51. The molecule has 0 aromatic rings. The van der Waals surface area contributed by atoms with E-state index in [-0.39, 0.29) is 24.6 Å². The molecule has 0 bridgehead atoms. The minimum atomic E-state index is -0.0806. The predicted octanol–water partition coefficient (Wildman–Crippen LogP) is 1.80. The van der Waals surface area contributed by atoms with Crippen LogP contribution in [0.25, 0.3) is 0 Å². The second kappa shape index (κ2) is 5.74. The first-order valence-electron chi connectivity index (χ1n) is 7.01. The molecule has 0 aromatic carbocycles. The molecule has 0 saturated heterocycles. The number of aliphatic hydroxyl groups is 1. The van der Waals surface area contributed by atoms with Gasteiger partial charge >= 0.3 is 6.03 Å². The van der Waals surface area contributed by atoms with Crippen LogP contribution in [0.2, 0.25) is 0 Å². The van der Waals surface area contributed by atoms with E-state index in [1.54, 1.807) is 0 Å². The van der Waals surface area contributed by atoms with Gasteiger partial charge in [-0.2, -0.15) is 0 Å². The number of hydrogen-bond acceptors (Lipinski definition) is 2. The quantitative estimate of drug-likeness (QED) is 0.653. The molecule has 2 rings (SSSR count). The Kier molecular flexibility index (Phi) is 4.27. The van der Waals surface area contributed by atoms with Crippen molar-refractivity contribution in [1.82, 2.24) is 10.6 Å². The Bertz CT molecular complexity index is 318. The second-order valence-corrected chi connectivity index (χ2v) is 5.70. The summed E-state index contributed by atoms with van der Waals surface area (Å²) >= 11 is 0. The van der Waals surface area contributed by atoms with Crippen molar-refractivity contribution in [1.29, 1.82) is 0 Å². The van der Waals surface area contributed by atoms with Crippen molar-refractivity contribution in [3.63, 3.8) is 0 Å². The highest BCUT2D eigenvalue weighted by atomic mass is 16.3. The van der Waals surface area contributed by atoms with Gasteiger partial charge < -0.3 is 15.7 Å². The lowest BCUT2D eigenvalue weighted by atomic mass is 9.67. The first-order chi connectivity index (χ1) is 8.67. The molecule has 3 N–H and O–H groups in total. The van der Waals surface area contributed by atoms with Crippen molar-refractivity contribution in [3.8, 4) is 0 Å². The molecule has 2 aliphatic rings. The van der Waals surface area contributed by atoms with Crippen LogP contribution < -0.4 is 10.6 Å². The number of carbonyl (C=O) groups excluding carboxylic acids is 1. The third kappa shape index (κ3) is 3.05. The monoisotopic (exact) mass is 252 g/mol. The summed E-state index contributed by atoms with van der Waals surface area (Å²) in [6.07, 6.45) is 9.66. The van der Waals surface area contributed by atoms with Gasteiger partial charge in [-0.25, -0.2) is 4.79 Å². The van der Waals surface area contributed by atoms with Crippen LogP contribution in [0.15, 0.2) is 12.2 Å². The number of hydrogen-bond donors (Lipinski definition) is 3. The molecular weight excluding hydrogens is 228 g/mol. The summed E-state index contributed by atoms with van der Waals surface area (Å²) in [6, 6.07) is -0.0101. The summed E-state index contributed by atoms with van der Waals surface area (Å²) in [7, 11) is 0. The second-order valence-electron chi connectivity index (χ2n) is 5.70. The van der Waals surface area contributed by atoms with Gasteiger partial charge in [0.05, 0.1) is 0 Å². The standard InChI is InChI=1S/C14H24N2O2/c1-2-14(6-3-7-14)10-15-13(18)16-12-5-4-11(8-12)9-17/h4-5,11-12,17H,2-3,6-10H2,1H3,(H2,15,16,18)/t11-,12+/m0/s1. The molecular formula is C14H24N2O2. The lowest BCUT2D eigenvalue weighted by molar-refractivity contribution is 0.126. The molecule has 102 valence electrons. The molecule has 0 heterocycles. The highest BCUT2D eigenvalue weighted by molar-refractivity contribution is 5.74. The SMILES string of the molecule is CCC1(CNC(=O)N[C@@H]2C=C[C@H](CO)C2)CCC1. The zero-order valence-electron chi connectivity index (χ0n) is 11.1. The van der Waals surface area contributed by atoms with Gasteiger partial charge in [0, 0.05) is 25.1 Å². The molecule has 4 nitrogen and oxygen atoms in total. The number of rotatable bonds is 5. The molecule has 1 fully saturated rings. The maximum atomic E-state index is 11.8. The van der Waals surface area contributed by atoms with Crippen LogP contribution in [0.3, 0.4) is 0 Å². The average molecular weight is 252 g/mol. The summed E-state index contributed by atoms with van der Waals surface area (Å²) in [6.45, 7) is 3.15. The Hall–Kier alpha value is -1.03. The maximum absolute atomic E-state index is 11.8. The summed E-state index contributed by atoms with van der Waals surface area (Å²) in [4.78, 5) is 11.8. The van der Waals surface area contributed by atoms with E-state index in [1.165, 1.54) is 19.3 Å². The van der Waals surface area contributed by atoms with Crippen molar-refractivity contribution >= 4 is 6.03 Å². The molecule has 18 heavy (non-hydrogen) atoms. The lowest BCUT2D eigenvalue weighted by Gasteiger charge is -2.41. The van der Waals surface area contributed by atoms with E-state index in [4.69, 9.17) is 5.11 Å². The molecule has 0 unspecified atom stereocenters. The Morgan fingerprint density at radius 3 is 2.72 bits per heavy atom. The normalized spacial score (nSPS) is 28.8. The summed E-state index contributed by atoms with van der Waals surface area (Å²) in [5, 5.41) is 14.9. The molecule has 1 saturated carbocycles. The van der Waals surface area contributed by atoms with Crippen LogP contribution in [0.5, 0.6) is 0 Å². The molecule has 0 spiro atoms. The van der Waals surface area contributed by atoms with Crippen molar-refractivity contribution < 1.29 is 9.90 Å². The van der Waals surface area contributed by atoms with E-state index in [2.05, 4.69) is 17.6 Å². The Labute approximate surface area is 109 Å². The van der Waals surface area contributed by atoms with Crippen LogP contribution in [-0.4, -0.2) is 30.3 Å². The van der Waals surface area contributed by atoms with E-state index < -0.39 is 0 Å². The molecule has 4 heteroatoms. The van der Waals surface area contributed by atoms with Gasteiger partial charge in [0.25, 0.3) is 0 Å². The largest absolute Gasteiger partial charge is 0.396 e. The molecule has 2 atom stereocenters. The zero-order valence-corrected chi connectivity index (χ0v) is 11.1. The van der Waals surface area contributed by atoms with E-state index in [0.29, 0.717) is 5.41 Å². The number of urea groups is 1. The van der Waals surface area contributed by atoms with Crippen LogP contribution >= 0.6 is 0 Å². The summed E-state index contributed by atoms with van der Waals surface area (Å²) < 4.78 is 0.